The quantitative estimate of drug-likeness (QED) is 0.771. The van der Waals surface area contributed by atoms with Gasteiger partial charge in [0.05, 0.1) is 12.2 Å². The Morgan fingerprint density at radius 3 is 2.95 bits per heavy atom. The molecule has 1 aliphatic rings. The summed E-state index contributed by atoms with van der Waals surface area (Å²) in [5.41, 5.74) is 0. The summed E-state index contributed by atoms with van der Waals surface area (Å²) in [4.78, 5) is 28.5. The predicted octanol–water partition coefficient (Wildman–Crippen LogP) is 1.17. The largest absolute Gasteiger partial charge is 0.481 e. The van der Waals surface area contributed by atoms with E-state index in [2.05, 4.69) is 10.3 Å². The maximum absolute atomic E-state index is 12.0. The summed E-state index contributed by atoms with van der Waals surface area (Å²) in [6, 6.07) is -0.149. The van der Waals surface area contributed by atoms with E-state index in [0.717, 1.165) is 25.8 Å². The number of aryl methyl sites for hydroxylation is 1. The van der Waals surface area contributed by atoms with E-state index in [9.17, 15) is 9.59 Å². The van der Waals surface area contributed by atoms with Crippen molar-refractivity contribution in [2.24, 2.45) is 5.92 Å². The Balaban J connectivity index is 1.61. The van der Waals surface area contributed by atoms with Gasteiger partial charge in [0, 0.05) is 38.6 Å². The van der Waals surface area contributed by atoms with Crippen molar-refractivity contribution in [3.63, 3.8) is 0 Å². The number of amides is 2. The minimum absolute atomic E-state index is 0.149. The van der Waals surface area contributed by atoms with Crippen molar-refractivity contribution in [1.29, 1.82) is 0 Å². The first-order valence-corrected chi connectivity index (χ1v) is 7.38. The number of carbonyl (C=O) groups excluding carboxylic acids is 1. The lowest BCUT2D eigenvalue weighted by Gasteiger charge is -2.30. The van der Waals surface area contributed by atoms with Crippen LogP contribution in [0.15, 0.2) is 18.7 Å². The van der Waals surface area contributed by atoms with Gasteiger partial charge in [-0.1, -0.05) is 0 Å². The molecule has 0 aromatic carbocycles. The molecule has 0 radical (unpaired) electrons. The number of imidazole rings is 1. The normalized spacial score (nSPS) is 18.5. The average molecular weight is 294 g/mol. The average Bonchev–Trinajstić information content (AvgIpc) is 3.00. The van der Waals surface area contributed by atoms with Gasteiger partial charge in [-0.05, 0) is 25.7 Å². The van der Waals surface area contributed by atoms with Gasteiger partial charge in [0.15, 0.2) is 0 Å². The molecule has 0 aliphatic carbocycles. The molecule has 1 unspecified atom stereocenters. The SMILES string of the molecule is O=C(O)C1CCCN(C(=O)NCCCCn2ccnc2)C1. The maximum Gasteiger partial charge on any atom is 0.317 e. The van der Waals surface area contributed by atoms with Gasteiger partial charge in [-0.15, -0.1) is 0 Å². The van der Waals surface area contributed by atoms with Crippen LogP contribution in [0.25, 0.3) is 0 Å². The summed E-state index contributed by atoms with van der Waals surface area (Å²) in [6.45, 7) is 2.46. The molecule has 1 fully saturated rings. The number of aromatic nitrogens is 2. The molecule has 0 bridgehead atoms. The second-order valence-corrected chi connectivity index (χ2v) is 5.36. The number of aliphatic carboxylic acids is 1. The number of piperidine rings is 1. The summed E-state index contributed by atoms with van der Waals surface area (Å²) >= 11 is 0. The van der Waals surface area contributed by atoms with Crippen molar-refractivity contribution in [1.82, 2.24) is 19.8 Å². The molecule has 1 aliphatic heterocycles. The molecule has 21 heavy (non-hydrogen) atoms. The highest BCUT2D eigenvalue weighted by molar-refractivity contribution is 5.76. The van der Waals surface area contributed by atoms with Crippen molar-refractivity contribution < 1.29 is 14.7 Å². The molecule has 116 valence electrons. The molecule has 1 saturated heterocycles. The Bertz CT molecular complexity index is 461. The Labute approximate surface area is 124 Å². The Kier molecular flexibility index (Phi) is 5.59. The lowest BCUT2D eigenvalue weighted by atomic mass is 9.99. The number of carboxylic acid groups (broad SMARTS) is 1. The number of urea groups is 1. The third-order valence-corrected chi connectivity index (χ3v) is 3.74. The number of carboxylic acids is 1. The van der Waals surface area contributed by atoms with Gasteiger partial charge in [0.2, 0.25) is 0 Å². The number of hydrogen-bond acceptors (Lipinski definition) is 3. The van der Waals surface area contributed by atoms with E-state index in [4.69, 9.17) is 5.11 Å². The number of carbonyl (C=O) groups is 2. The zero-order chi connectivity index (χ0) is 15.1. The highest BCUT2D eigenvalue weighted by Gasteiger charge is 2.27. The standard InChI is InChI=1S/C14H22N4O3/c19-13(20)12-4-3-8-18(10-12)14(21)16-5-1-2-7-17-9-6-15-11-17/h6,9,11-12H,1-5,7-8,10H2,(H,16,21)(H,19,20). The molecule has 0 spiro atoms. The van der Waals surface area contributed by atoms with Gasteiger partial charge >= 0.3 is 12.0 Å². The maximum atomic E-state index is 12.0. The van der Waals surface area contributed by atoms with Crippen LogP contribution in [0.2, 0.25) is 0 Å². The smallest absolute Gasteiger partial charge is 0.317 e. The van der Waals surface area contributed by atoms with Crippen molar-refractivity contribution >= 4 is 12.0 Å². The summed E-state index contributed by atoms with van der Waals surface area (Å²) in [5.74, 6) is -1.24. The third kappa shape index (κ3) is 4.77. The van der Waals surface area contributed by atoms with E-state index in [1.54, 1.807) is 17.4 Å². The Morgan fingerprint density at radius 1 is 1.38 bits per heavy atom. The van der Waals surface area contributed by atoms with Gasteiger partial charge in [-0.3, -0.25) is 4.79 Å². The minimum Gasteiger partial charge on any atom is -0.481 e. The van der Waals surface area contributed by atoms with Crippen LogP contribution in [-0.2, 0) is 11.3 Å². The van der Waals surface area contributed by atoms with Crippen molar-refractivity contribution in [3.05, 3.63) is 18.7 Å². The zero-order valence-electron chi connectivity index (χ0n) is 12.1. The van der Waals surface area contributed by atoms with Crippen LogP contribution in [0.5, 0.6) is 0 Å². The molecule has 1 aromatic rings. The van der Waals surface area contributed by atoms with E-state index in [-0.39, 0.29) is 6.03 Å². The Hall–Kier alpha value is -2.05. The second-order valence-electron chi connectivity index (χ2n) is 5.36. The van der Waals surface area contributed by atoms with Gasteiger partial charge in [-0.2, -0.15) is 0 Å². The summed E-state index contributed by atoms with van der Waals surface area (Å²) in [6.07, 6.45) is 8.71. The molecule has 7 heteroatoms. The van der Waals surface area contributed by atoms with Gasteiger partial charge in [0.25, 0.3) is 0 Å². The fourth-order valence-electron chi connectivity index (χ4n) is 2.51. The van der Waals surface area contributed by atoms with Crippen LogP contribution in [-0.4, -0.2) is 51.2 Å². The van der Waals surface area contributed by atoms with Gasteiger partial charge in [-0.25, -0.2) is 9.78 Å². The van der Waals surface area contributed by atoms with Gasteiger partial charge in [0.1, 0.15) is 0 Å². The molecule has 2 rings (SSSR count). The van der Waals surface area contributed by atoms with Gasteiger partial charge < -0.3 is 19.9 Å². The van der Waals surface area contributed by atoms with Crippen molar-refractivity contribution in [2.45, 2.75) is 32.2 Å². The molecule has 2 heterocycles. The second kappa shape index (κ2) is 7.66. The minimum atomic E-state index is -0.812. The van der Waals surface area contributed by atoms with E-state index in [1.807, 2.05) is 10.8 Å². The molecule has 0 saturated carbocycles. The van der Waals surface area contributed by atoms with E-state index in [1.165, 1.54) is 0 Å². The van der Waals surface area contributed by atoms with E-state index < -0.39 is 11.9 Å². The monoisotopic (exact) mass is 294 g/mol. The molecular weight excluding hydrogens is 272 g/mol. The summed E-state index contributed by atoms with van der Waals surface area (Å²) in [7, 11) is 0. The topological polar surface area (TPSA) is 87.5 Å². The lowest BCUT2D eigenvalue weighted by Crippen LogP contribution is -2.47. The van der Waals surface area contributed by atoms with Crippen LogP contribution >= 0.6 is 0 Å². The molecule has 1 atom stereocenters. The van der Waals surface area contributed by atoms with Crippen LogP contribution in [0.3, 0.4) is 0 Å². The zero-order valence-corrected chi connectivity index (χ0v) is 12.1. The van der Waals surface area contributed by atoms with Crippen molar-refractivity contribution in [2.75, 3.05) is 19.6 Å². The van der Waals surface area contributed by atoms with Crippen LogP contribution in [0.1, 0.15) is 25.7 Å². The first kappa shape index (κ1) is 15.3. The highest BCUT2D eigenvalue weighted by atomic mass is 16.4. The van der Waals surface area contributed by atoms with Crippen molar-refractivity contribution in [3.8, 4) is 0 Å². The molecule has 2 N–H and O–H groups in total. The number of likely N-dealkylation sites (tertiary alicyclic amines) is 1. The molecule has 7 nitrogen and oxygen atoms in total. The molecule has 1 aromatic heterocycles. The molecule has 2 amide bonds. The van der Waals surface area contributed by atoms with Crippen LogP contribution in [0, 0.1) is 5.92 Å². The number of nitrogens with one attached hydrogen (secondary N) is 1. The first-order valence-electron chi connectivity index (χ1n) is 7.38. The molecular formula is C14H22N4O3. The summed E-state index contributed by atoms with van der Waals surface area (Å²) < 4.78 is 2.00. The fraction of sp³-hybridized carbons (Fsp3) is 0.643. The number of hydrogen-bond donors (Lipinski definition) is 2. The Morgan fingerprint density at radius 2 is 2.24 bits per heavy atom. The van der Waals surface area contributed by atoms with Crippen LogP contribution < -0.4 is 5.32 Å². The third-order valence-electron chi connectivity index (χ3n) is 3.74. The van der Waals surface area contributed by atoms with Crippen LogP contribution in [0.4, 0.5) is 4.79 Å². The number of nitrogens with zero attached hydrogens (tertiary/aromatic N) is 3. The number of rotatable bonds is 6. The van der Waals surface area contributed by atoms with E-state index in [0.29, 0.717) is 26.1 Å². The fourth-order valence-corrected chi connectivity index (χ4v) is 2.51. The highest BCUT2D eigenvalue weighted by Crippen LogP contribution is 2.16. The first-order chi connectivity index (χ1) is 10.2. The lowest BCUT2D eigenvalue weighted by molar-refractivity contribution is -0.143. The summed E-state index contributed by atoms with van der Waals surface area (Å²) in [5, 5.41) is 11.9. The number of unbranched alkanes of at least 4 members (excludes halogenated alkanes) is 1. The van der Waals surface area contributed by atoms with E-state index >= 15 is 0 Å². The predicted molar refractivity (Wildman–Crippen MR) is 76.8 cm³/mol.